The van der Waals surface area contributed by atoms with E-state index in [9.17, 15) is 9.90 Å². The molecule has 0 unspecified atom stereocenters. The van der Waals surface area contributed by atoms with Crippen LogP contribution in [0.1, 0.15) is 90.5 Å². The van der Waals surface area contributed by atoms with Crippen LogP contribution in [0.3, 0.4) is 0 Å². The molecule has 32 heavy (non-hydrogen) atoms. The quantitative estimate of drug-likeness (QED) is 0.711. The van der Waals surface area contributed by atoms with Gasteiger partial charge in [0, 0.05) is 12.1 Å². The first kappa shape index (κ1) is 22.1. The van der Waals surface area contributed by atoms with Crippen LogP contribution in [-0.4, -0.2) is 26.3 Å². The van der Waals surface area contributed by atoms with Crippen molar-refractivity contribution >= 4 is 5.78 Å². The van der Waals surface area contributed by atoms with Gasteiger partial charge in [0.15, 0.2) is 5.78 Å². The standard InChI is InChI=1S/C27H39N3O2/c1-25(32)10-4-11-26(2)19(13-25)5-6-20-21-7-8-23(27(21,3)12-9-22(20)26)24(31)17-30-16-18(14-28)15-29-30/h15-16,19-23,32H,4-13,17H2,1-3H3/t19-,20-,21-,22-,23+,25-,26-,27-/m0/s1. The van der Waals surface area contributed by atoms with E-state index < -0.39 is 5.60 Å². The van der Waals surface area contributed by atoms with Crippen molar-refractivity contribution in [2.75, 3.05) is 0 Å². The second-order valence-electron chi connectivity index (χ2n) is 12.4. The van der Waals surface area contributed by atoms with Crippen LogP contribution < -0.4 is 0 Å². The minimum Gasteiger partial charge on any atom is -0.390 e. The Kier molecular flexibility index (Phi) is 5.32. The molecule has 1 N–H and O–H groups in total. The maximum Gasteiger partial charge on any atom is 0.157 e. The lowest BCUT2D eigenvalue weighted by Gasteiger charge is -2.59. The van der Waals surface area contributed by atoms with E-state index in [4.69, 9.17) is 5.26 Å². The summed E-state index contributed by atoms with van der Waals surface area (Å²) in [4.78, 5) is 13.4. The smallest absolute Gasteiger partial charge is 0.157 e. The number of ketones is 1. The van der Waals surface area contributed by atoms with Crippen LogP contribution in [0.4, 0.5) is 0 Å². The van der Waals surface area contributed by atoms with Gasteiger partial charge >= 0.3 is 0 Å². The van der Waals surface area contributed by atoms with E-state index in [0.29, 0.717) is 28.6 Å². The van der Waals surface area contributed by atoms with Gasteiger partial charge in [-0.15, -0.1) is 0 Å². The van der Waals surface area contributed by atoms with Crippen molar-refractivity contribution in [3.63, 3.8) is 0 Å². The van der Waals surface area contributed by atoms with Crippen LogP contribution in [0.5, 0.6) is 0 Å². The van der Waals surface area contributed by atoms with Gasteiger partial charge in [0.2, 0.25) is 0 Å². The van der Waals surface area contributed by atoms with Crippen molar-refractivity contribution in [1.29, 1.82) is 5.26 Å². The van der Waals surface area contributed by atoms with Gasteiger partial charge in [-0.1, -0.05) is 20.3 Å². The minimum atomic E-state index is -0.499. The van der Waals surface area contributed by atoms with Gasteiger partial charge in [-0.2, -0.15) is 10.4 Å². The number of rotatable bonds is 3. The number of aromatic nitrogens is 2. The Hall–Kier alpha value is -1.67. The van der Waals surface area contributed by atoms with Gasteiger partial charge in [0.05, 0.1) is 23.9 Å². The number of carbonyl (C=O) groups excluding carboxylic acids is 1. The number of carbonyl (C=O) groups is 1. The van der Waals surface area contributed by atoms with Crippen molar-refractivity contribution in [1.82, 2.24) is 9.78 Å². The number of aliphatic hydroxyl groups is 1. The Morgan fingerprint density at radius 2 is 1.91 bits per heavy atom. The lowest BCUT2D eigenvalue weighted by atomic mass is 9.46. The van der Waals surface area contributed by atoms with E-state index in [2.05, 4.69) is 31.9 Å². The molecule has 4 aliphatic carbocycles. The van der Waals surface area contributed by atoms with Gasteiger partial charge in [0.25, 0.3) is 0 Å². The summed E-state index contributed by atoms with van der Waals surface area (Å²) in [5.74, 6) is 3.16. The molecular formula is C27H39N3O2. The van der Waals surface area contributed by atoms with Crippen LogP contribution in [0.2, 0.25) is 0 Å². The van der Waals surface area contributed by atoms with Crippen LogP contribution in [0, 0.1) is 51.8 Å². The third-order valence-corrected chi connectivity index (χ3v) is 10.7. The Morgan fingerprint density at radius 1 is 1.12 bits per heavy atom. The first-order chi connectivity index (χ1) is 15.2. The summed E-state index contributed by atoms with van der Waals surface area (Å²) in [6.07, 6.45) is 14.6. The fourth-order valence-corrected chi connectivity index (χ4v) is 9.05. The van der Waals surface area contributed by atoms with E-state index in [1.165, 1.54) is 32.1 Å². The number of nitrogens with zero attached hydrogens (tertiary/aromatic N) is 3. The van der Waals surface area contributed by atoms with Crippen molar-refractivity contribution in [2.24, 2.45) is 40.4 Å². The van der Waals surface area contributed by atoms with Gasteiger partial charge in [-0.25, -0.2) is 0 Å². The van der Waals surface area contributed by atoms with Gasteiger partial charge in [-0.05, 0) is 99.2 Å². The molecule has 1 aromatic heterocycles. The molecule has 8 atom stereocenters. The molecule has 0 amide bonds. The lowest BCUT2D eigenvalue weighted by Crippen LogP contribution is -2.52. The molecule has 5 heteroatoms. The zero-order valence-corrected chi connectivity index (χ0v) is 20.0. The molecule has 0 saturated heterocycles. The largest absolute Gasteiger partial charge is 0.390 e. The van der Waals surface area contributed by atoms with Crippen LogP contribution in [0.15, 0.2) is 12.4 Å². The van der Waals surface area contributed by atoms with E-state index >= 15 is 0 Å². The number of Topliss-reactive ketones (excluding diaryl/α,β-unsaturated/α-hetero) is 1. The maximum absolute atomic E-state index is 13.4. The van der Waals surface area contributed by atoms with E-state index in [1.807, 2.05) is 0 Å². The molecular weight excluding hydrogens is 398 g/mol. The molecule has 4 saturated carbocycles. The lowest BCUT2D eigenvalue weighted by molar-refractivity contribution is -0.135. The molecule has 4 aliphatic rings. The molecule has 0 spiro atoms. The first-order valence-electron chi connectivity index (χ1n) is 12.8. The molecule has 0 radical (unpaired) electrons. The zero-order chi connectivity index (χ0) is 22.7. The predicted molar refractivity (Wildman–Crippen MR) is 122 cm³/mol. The highest BCUT2D eigenvalue weighted by Crippen LogP contribution is 2.67. The summed E-state index contributed by atoms with van der Waals surface area (Å²) in [6, 6.07) is 2.10. The fraction of sp³-hybridized carbons (Fsp3) is 0.815. The van der Waals surface area contributed by atoms with Crippen molar-refractivity contribution in [3.05, 3.63) is 18.0 Å². The van der Waals surface area contributed by atoms with Gasteiger partial charge in [0.1, 0.15) is 6.07 Å². The Balaban J connectivity index is 1.34. The number of hydrogen-bond donors (Lipinski definition) is 1. The molecule has 174 valence electrons. The summed E-state index contributed by atoms with van der Waals surface area (Å²) >= 11 is 0. The summed E-state index contributed by atoms with van der Waals surface area (Å²) in [5.41, 5.74) is 0.459. The molecule has 4 fully saturated rings. The number of fused-ring (bicyclic) bond motifs is 5. The molecule has 5 rings (SSSR count). The van der Waals surface area contributed by atoms with Crippen LogP contribution in [-0.2, 0) is 11.3 Å². The minimum absolute atomic E-state index is 0.100. The SMILES string of the molecule is C[C@]1(O)CCC[C@@]2(C)[C@@H](CC[C@@H]3[C@@H]2CC[C@]2(C)[C@@H](C(=O)Cn4cc(C#N)cn4)CC[C@@H]32)C1. The number of nitriles is 1. The maximum atomic E-state index is 13.4. The highest BCUT2D eigenvalue weighted by molar-refractivity contribution is 5.82. The first-order valence-corrected chi connectivity index (χ1v) is 12.8. The highest BCUT2D eigenvalue weighted by Gasteiger charge is 2.61. The Labute approximate surface area is 192 Å². The average Bonchev–Trinajstić information content (AvgIpc) is 3.30. The molecule has 1 aromatic rings. The van der Waals surface area contributed by atoms with Gasteiger partial charge in [-0.3, -0.25) is 9.48 Å². The molecule has 1 heterocycles. The third-order valence-electron chi connectivity index (χ3n) is 10.7. The van der Waals surface area contributed by atoms with Crippen LogP contribution in [0.25, 0.3) is 0 Å². The summed E-state index contributed by atoms with van der Waals surface area (Å²) in [7, 11) is 0. The normalized spacial score (nSPS) is 45.8. The molecule has 0 aliphatic heterocycles. The van der Waals surface area contributed by atoms with E-state index in [1.54, 1.807) is 17.1 Å². The molecule has 0 bridgehead atoms. The third kappa shape index (κ3) is 3.45. The highest BCUT2D eigenvalue weighted by atomic mass is 16.3. The average molecular weight is 438 g/mol. The second-order valence-corrected chi connectivity index (χ2v) is 12.4. The van der Waals surface area contributed by atoms with Crippen molar-refractivity contribution in [2.45, 2.75) is 97.1 Å². The second kappa shape index (κ2) is 7.69. The topological polar surface area (TPSA) is 78.9 Å². The zero-order valence-electron chi connectivity index (χ0n) is 20.0. The molecule has 0 aromatic carbocycles. The summed E-state index contributed by atoms with van der Waals surface area (Å²) in [6.45, 7) is 7.28. The molecule has 5 nitrogen and oxygen atoms in total. The van der Waals surface area contributed by atoms with Crippen molar-refractivity contribution in [3.8, 4) is 6.07 Å². The fourth-order valence-electron chi connectivity index (χ4n) is 9.05. The van der Waals surface area contributed by atoms with Crippen molar-refractivity contribution < 1.29 is 9.90 Å². The van der Waals surface area contributed by atoms with E-state index in [-0.39, 0.29) is 17.9 Å². The Bertz CT molecular complexity index is 930. The van der Waals surface area contributed by atoms with Gasteiger partial charge < -0.3 is 5.11 Å². The van der Waals surface area contributed by atoms with E-state index in [0.717, 1.165) is 43.9 Å². The summed E-state index contributed by atoms with van der Waals surface area (Å²) < 4.78 is 1.65. The number of hydrogen-bond acceptors (Lipinski definition) is 4. The summed E-state index contributed by atoms with van der Waals surface area (Å²) in [5, 5.41) is 24.1. The Morgan fingerprint density at radius 3 is 2.66 bits per heavy atom. The predicted octanol–water partition coefficient (Wildman–Crippen LogP) is 5.12. The monoisotopic (exact) mass is 437 g/mol. The van der Waals surface area contributed by atoms with Crippen LogP contribution >= 0.6 is 0 Å².